The molecule has 3 nitrogen and oxygen atoms in total. The van der Waals surface area contributed by atoms with Gasteiger partial charge in [-0.05, 0) is 34.1 Å². The molecule has 0 fully saturated rings. The number of hydrogen-bond acceptors (Lipinski definition) is 3. The number of pyridine rings is 1. The molecule has 0 N–H and O–H groups in total. The molecule has 0 bridgehead atoms. The molecule has 7 heteroatoms. The van der Waals surface area contributed by atoms with Gasteiger partial charge in [0.25, 0.3) is 0 Å². The number of para-hydroxylation sites is 2. The Morgan fingerprint density at radius 2 is 1.63 bits per heavy atom. The Hall–Kier alpha value is -1.76. The van der Waals surface area contributed by atoms with E-state index in [0.717, 1.165) is 0 Å². The van der Waals surface area contributed by atoms with E-state index < -0.39 is 12.1 Å². The predicted molar refractivity (Wildman–Crippen MR) is 65.1 cm³/mol. The lowest BCUT2D eigenvalue weighted by atomic mass is 10.3. The van der Waals surface area contributed by atoms with Crippen molar-refractivity contribution < 1.29 is 22.6 Å². The fourth-order valence-electron chi connectivity index (χ4n) is 1.30. The molecule has 0 aliphatic heterocycles. The fourth-order valence-corrected chi connectivity index (χ4v) is 1.63. The lowest BCUT2D eigenvalue weighted by molar-refractivity contribution is -0.275. The maximum absolute atomic E-state index is 12.2. The highest BCUT2D eigenvalue weighted by molar-refractivity contribution is 9.10. The van der Waals surface area contributed by atoms with E-state index in [1.54, 1.807) is 12.1 Å². The standard InChI is InChI=1S/C12H7BrF3NO2/c13-10-6-3-7-11(17-10)18-8-4-1-2-5-9(8)19-12(14,15)16/h1-7H. The van der Waals surface area contributed by atoms with Crippen molar-refractivity contribution in [1.82, 2.24) is 4.98 Å². The van der Waals surface area contributed by atoms with Crippen molar-refractivity contribution in [3.8, 4) is 17.4 Å². The number of aromatic nitrogens is 1. The van der Waals surface area contributed by atoms with E-state index in [1.807, 2.05) is 0 Å². The van der Waals surface area contributed by atoms with Crippen LogP contribution in [0.25, 0.3) is 0 Å². The van der Waals surface area contributed by atoms with Gasteiger partial charge in [-0.15, -0.1) is 13.2 Å². The molecule has 0 aliphatic rings. The Labute approximate surface area is 115 Å². The maximum Gasteiger partial charge on any atom is 0.573 e. The monoisotopic (exact) mass is 333 g/mol. The number of nitrogens with zero attached hydrogens (tertiary/aromatic N) is 1. The van der Waals surface area contributed by atoms with Crippen molar-refractivity contribution in [2.75, 3.05) is 0 Å². The smallest absolute Gasteiger partial charge is 0.435 e. The van der Waals surface area contributed by atoms with Crippen LogP contribution >= 0.6 is 15.9 Å². The van der Waals surface area contributed by atoms with Gasteiger partial charge in [0.05, 0.1) is 0 Å². The number of hydrogen-bond donors (Lipinski definition) is 0. The zero-order valence-corrected chi connectivity index (χ0v) is 10.9. The molecule has 19 heavy (non-hydrogen) atoms. The summed E-state index contributed by atoms with van der Waals surface area (Å²) in [5.74, 6) is -0.324. The quantitative estimate of drug-likeness (QED) is 0.773. The molecule has 0 aliphatic carbocycles. The number of ether oxygens (including phenoxy) is 2. The molecular formula is C12H7BrF3NO2. The van der Waals surface area contributed by atoms with E-state index in [0.29, 0.717) is 4.60 Å². The second-order valence-electron chi connectivity index (χ2n) is 3.40. The minimum Gasteiger partial charge on any atom is -0.435 e. The van der Waals surface area contributed by atoms with Gasteiger partial charge in [0.15, 0.2) is 11.5 Å². The molecule has 2 rings (SSSR count). The average Bonchev–Trinajstić information content (AvgIpc) is 2.30. The summed E-state index contributed by atoms with van der Waals surface area (Å²) in [5, 5.41) is 0. The molecule has 2 aromatic rings. The van der Waals surface area contributed by atoms with E-state index >= 15 is 0 Å². The summed E-state index contributed by atoms with van der Waals surface area (Å²) in [6, 6.07) is 10.3. The zero-order chi connectivity index (χ0) is 13.9. The zero-order valence-electron chi connectivity index (χ0n) is 9.32. The summed E-state index contributed by atoms with van der Waals surface area (Å²) >= 11 is 3.14. The summed E-state index contributed by atoms with van der Waals surface area (Å²) in [5.41, 5.74) is 0. The molecule has 0 spiro atoms. The van der Waals surface area contributed by atoms with Crippen LogP contribution in [-0.2, 0) is 0 Å². The summed E-state index contributed by atoms with van der Waals surface area (Å²) < 4.78 is 46.3. The summed E-state index contributed by atoms with van der Waals surface area (Å²) in [6.45, 7) is 0. The van der Waals surface area contributed by atoms with Crippen LogP contribution < -0.4 is 9.47 Å². The maximum atomic E-state index is 12.2. The van der Waals surface area contributed by atoms with E-state index in [2.05, 4.69) is 25.7 Å². The Morgan fingerprint density at radius 1 is 0.947 bits per heavy atom. The molecule has 1 aromatic carbocycles. The first-order valence-electron chi connectivity index (χ1n) is 5.09. The van der Waals surface area contributed by atoms with Crippen LogP contribution in [0.1, 0.15) is 0 Å². The van der Waals surface area contributed by atoms with Gasteiger partial charge < -0.3 is 9.47 Å². The van der Waals surface area contributed by atoms with Crippen molar-refractivity contribution >= 4 is 15.9 Å². The number of alkyl halides is 3. The first-order chi connectivity index (χ1) is 8.94. The molecule has 1 aromatic heterocycles. The largest absolute Gasteiger partial charge is 0.573 e. The first-order valence-corrected chi connectivity index (χ1v) is 5.88. The molecular weight excluding hydrogens is 327 g/mol. The van der Waals surface area contributed by atoms with Crippen LogP contribution in [0.5, 0.6) is 17.4 Å². The average molecular weight is 334 g/mol. The van der Waals surface area contributed by atoms with Gasteiger partial charge >= 0.3 is 6.36 Å². The van der Waals surface area contributed by atoms with Gasteiger partial charge in [-0.3, -0.25) is 0 Å². The fraction of sp³-hybridized carbons (Fsp3) is 0.0833. The van der Waals surface area contributed by atoms with Gasteiger partial charge in [0, 0.05) is 6.07 Å². The minimum absolute atomic E-state index is 0.0644. The Kier molecular flexibility index (Phi) is 3.94. The molecule has 0 atom stereocenters. The van der Waals surface area contributed by atoms with Crippen molar-refractivity contribution in [3.05, 3.63) is 47.1 Å². The third-order valence-electron chi connectivity index (χ3n) is 1.98. The highest BCUT2D eigenvalue weighted by Gasteiger charge is 2.32. The molecule has 0 unspecified atom stereocenters. The van der Waals surface area contributed by atoms with Crippen LogP contribution in [0, 0.1) is 0 Å². The third kappa shape index (κ3) is 4.13. The second kappa shape index (κ2) is 5.48. The molecule has 100 valence electrons. The Balaban J connectivity index is 2.25. The number of rotatable bonds is 3. The molecule has 1 heterocycles. The van der Waals surface area contributed by atoms with Gasteiger partial charge in [-0.1, -0.05) is 18.2 Å². The molecule has 0 saturated carbocycles. The third-order valence-corrected chi connectivity index (χ3v) is 2.42. The Morgan fingerprint density at radius 3 is 2.26 bits per heavy atom. The van der Waals surface area contributed by atoms with Crippen LogP contribution in [0.3, 0.4) is 0 Å². The topological polar surface area (TPSA) is 31.4 Å². The van der Waals surface area contributed by atoms with Gasteiger partial charge in [-0.25, -0.2) is 4.98 Å². The highest BCUT2D eigenvalue weighted by Crippen LogP contribution is 2.34. The van der Waals surface area contributed by atoms with Crippen molar-refractivity contribution in [2.24, 2.45) is 0 Å². The van der Waals surface area contributed by atoms with Crippen molar-refractivity contribution in [1.29, 1.82) is 0 Å². The van der Waals surface area contributed by atoms with Gasteiger partial charge in [-0.2, -0.15) is 0 Å². The van der Waals surface area contributed by atoms with Gasteiger partial charge in [0.1, 0.15) is 4.60 Å². The van der Waals surface area contributed by atoms with E-state index in [4.69, 9.17) is 4.74 Å². The summed E-state index contributed by atoms with van der Waals surface area (Å²) in [4.78, 5) is 3.96. The summed E-state index contributed by atoms with van der Waals surface area (Å²) in [7, 11) is 0. The Bertz CT molecular complexity index is 575. The van der Waals surface area contributed by atoms with Gasteiger partial charge in [0.2, 0.25) is 5.88 Å². The normalized spacial score (nSPS) is 11.2. The van der Waals surface area contributed by atoms with Crippen molar-refractivity contribution in [2.45, 2.75) is 6.36 Å². The van der Waals surface area contributed by atoms with Crippen LogP contribution in [0.15, 0.2) is 47.1 Å². The van der Waals surface area contributed by atoms with Crippen LogP contribution in [-0.4, -0.2) is 11.3 Å². The van der Waals surface area contributed by atoms with E-state index in [1.165, 1.54) is 30.3 Å². The number of benzene rings is 1. The SMILES string of the molecule is FC(F)(F)Oc1ccccc1Oc1cccc(Br)n1. The van der Waals surface area contributed by atoms with Crippen LogP contribution in [0.4, 0.5) is 13.2 Å². The lowest BCUT2D eigenvalue weighted by Gasteiger charge is -2.13. The van der Waals surface area contributed by atoms with Crippen LogP contribution in [0.2, 0.25) is 0 Å². The predicted octanol–water partition coefficient (Wildman–Crippen LogP) is 4.54. The lowest BCUT2D eigenvalue weighted by Crippen LogP contribution is -2.17. The second-order valence-corrected chi connectivity index (χ2v) is 4.21. The molecule has 0 amide bonds. The number of halogens is 4. The highest BCUT2D eigenvalue weighted by atomic mass is 79.9. The van der Waals surface area contributed by atoms with Crippen molar-refractivity contribution in [3.63, 3.8) is 0 Å². The molecule has 0 radical (unpaired) electrons. The molecule has 0 saturated heterocycles. The van der Waals surface area contributed by atoms with E-state index in [-0.39, 0.29) is 11.6 Å². The van der Waals surface area contributed by atoms with E-state index in [9.17, 15) is 13.2 Å². The minimum atomic E-state index is -4.77. The summed E-state index contributed by atoms with van der Waals surface area (Å²) in [6.07, 6.45) is -4.77. The first kappa shape index (κ1) is 13.7.